The van der Waals surface area contributed by atoms with Gasteiger partial charge in [-0.25, -0.2) is 0 Å². The Kier molecular flexibility index (Phi) is 4.79. The van der Waals surface area contributed by atoms with Crippen LogP contribution in [0, 0.1) is 11.8 Å². The second kappa shape index (κ2) is 5.64. The predicted molar refractivity (Wildman–Crippen MR) is 56.7 cm³/mol. The molecule has 0 bridgehead atoms. The molecular formula is C12H24O. The van der Waals surface area contributed by atoms with E-state index in [4.69, 9.17) is 0 Å². The summed E-state index contributed by atoms with van der Waals surface area (Å²) in [6, 6.07) is 0. The molecule has 0 saturated heterocycles. The van der Waals surface area contributed by atoms with Crippen molar-refractivity contribution in [2.75, 3.05) is 0 Å². The van der Waals surface area contributed by atoms with Gasteiger partial charge >= 0.3 is 0 Å². The molecule has 13 heavy (non-hydrogen) atoms. The van der Waals surface area contributed by atoms with E-state index in [2.05, 4.69) is 13.8 Å². The third kappa shape index (κ3) is 3.68. The van der Waals surface area contributed by atoms with Crippen LogP contribution in [-0.2, 0) is 0 Å². The topological polar surface area (TPSA) is 20.2 Å². The van der Waals surface area contributed by atoms with E-state index in [1.807, 2.05) is 0 Å². The van der Waals surface area contributed by atoms with Gasteiger partial charge in [-0.2, -0.15) is 0 Å². The summed E-state index contributed by atoms with van der Waals surface area (Å²) >= 11 is 0. The highest BCUT2D eigenvalue weighted by molar-refractivity contribution is 4.71. The smallest absolute Gasteiger partial charge is 0.0540 e. The van der Waals surface area contributed by atoms with Crippen molar-refractivity contribution in [3.63, 3.8) is 0 Å². The zero-order valence-electron chi connectivity index (χ0n) is 9.13. The maximum atomic E-state index is 9.50. The Morgan fingerprint density at radius 3 is 2.15 bits per heavy atom. The summed E-state index contributed by atoms with van der Waals surface area (Å²) in [6.07, 6.45) is 8.52. The lowest BCUT2D eigenvalue weighted by Gasteiger charge is -2.26. The average Bonchev–Trinajstić information content (AvgIpc) is 2.10. The lowest BCUT2D eigenvalue weighted by Crippen LogP contribution is -2.17. The molecule has 0 aromatic carbocycles. The maximum Gasteiger partial charge on any atom is 0.0540 e. The lowest BCUT2D eigenvalue weighted by molar-refractivity contribution is 0.126. The number of aliphatic hydroxyl groups excluding tert-OH is 1. The summed E-state index contributed by atoms with van der Waals surface area (Å²) in [7, 11) is 0. The van der Waals surface area contributed by atoms with Crippen LogP contribution < -0.4 is 0 Å². The van der Waals surface area contributed by atoms with Crippen molar-refractivity contribution in [1.29, 1.82) is 0 Å². The van der Waals surface area contributed by atoms with Gasteiger partial charge in [0.25, 0.3) is 0 Å². The number of hydrogen-bond donors (Lipinski definition) is 1. The van der Waals surface area contributed by atoms with Gasteiger partial charge in [0.1, 0.15) is 0 Å². The van der Waals surface area contributed by atoms with E-state index in [1.165, 1.54) is 32.1 Å². The fourth-order valence-corrected chi connectivity index (χ4v) is 2.42. The first-order chi connectivity index (χ1) is 6.24. The minimum Gasteiger partial charge on any atom is -0.393 e. The van der Waals surface area contributed by atoms with Crippen LogP contribution in [0.5, 0.6) is 0 Å². The van der Waals surface area contributed by atoms with E-state index >= 15 is 0 Å². The van der Waals surface area contributed by atoms with Crippen LogP contribution in [-0.4, -0.2) is 11.2 Å². The summed E-state index contributed by atoms with van der Waals surface area (Å²) in [4.78, 5) is 0. The van der Waals surface area contributed by atoms with Crippen molar-refractivity contribution >= 4 is 0 Å². The Bertz CT molecular complexity index is 123. The van der Waals surface area contributed by atoms with Crippen LogP contribution in [0.25, 0.3) is 0 Å². The highest BCUT2D eigenvalue weighted by Crippen LogP contribution is 2.29. The largest absolute Gasteiger partial charge is 0.393 e. The van der Waals surface area contributed by atoms with E-state index in [1.54, 1.807) is 0 Å². The average molecular weight is 184 g/mol. The molecule has 0 heterocycles. The molecular weight excluding hydrogens is 160 g/mol. The summed E-state index contributed by atoms with van der Waals surface area (Å²) in [5.74, 6) is 1.81. The molecule has 78 valence electrons. The van der Waals surface area contributed by atoms with Crippen LogP contribution in [0.4, 0.5) is 0 Å². The molecule has 0 aliphatic heterocycles. The van der Waals surface area contributed by atoms with Crippen molar-refractivity contribution in [2.24, 2.45) is 11.8 Å². The minimum absolute atomic E-state index is 0.00196. The molecule has 1 rings (SSSR count). The van der Waals surface area contributed by atoms with Crippen molar-refractivity contribution in [3.05, 3.63) is 0 Å². The Balaban J connectivity index is 2.32. The van der Waals surface area contributed by atoms with Gasteiger partial charge in [0.2, 0.25) is 0 Å². The second-order valence-electron chi connectivity index (χ2n) is 4.66. The van der Waals surface area contributed by atoms with E-state index in [-0.39, 0.29) is 6.10 Å². The van der Waals surface area contributed by atoms with E-state index < -0.39 is 0 Å². The number of rotatable bonds is 2. The Labute approximate surface area is 82.5 Å². The van der Waals surface area contributed by atoms with Crippen molar-refractivity contribution in [3.8, 4) is 0 Å². The molecule has 0 spiro atoms. The van der Waals surface area contributed by atoms with Gasteiger partial charge in [-0.15, -0.1) is 0 Å². The minimum atomic E-state index is -0.00196. The second-order valence-corrected chi connectivity index (χ2v) is 4.66. The zero-order chi connectivity index (χ0) is 9.68. The molecule has 1 unspecified atom stereocenters. The first kappa shape index (κ1) is 11.0. The van der Waals surface area contributed by atoms with Gasteiger partial charge in [0.05, 0.1) is 6.10 Å². The lowest BCUT2D eigenvalue weighted by atomic mass is 9.81. The van der Waals surface area contributed by atoms with Gasteiger partial charge in [-0.3, -0.25) is 0 Å². The van der Waals surface area contributed by atoms with Crippen LogP contribution in [0.15, 0.2) is 0 Å². The van der Waals surface area contributed by atoms with E-state index in [0.717, 1.165) is 24.7 Å². The fourth-order valence-electron chi connectivity index (χ4n) is 2.42. The molecule has 1 aliphatic rings. The third-order valence-corrected chi connectivity index (χ3v) is 3.67. The quantitative estimate of drug-likeness (QED) is 0.697. The normalized spacial score (nSPS) is 33.5. The fraction of sp³-hybridized carbons (Fsp3) is 1.00. The zero-order valence-corrected chi connectivity index (χ0v) is 9.13. The summed E-state index contributed by atoms with van der Waals surface area (Å²) in [5.41, 5.74) is 0. The summed E-state index contributed by atoms with van der Waals surface area (Å²) in [6.45, 7) is 4.67. The molecule has 1 heteroatoms. The van der Waals surface area contributed by atoms with Gasteiger partial charge in [-0.1, -0.05) is 46.0 Å². The Morgan fingerprint density at radius 2 is 1.69 bits per heavy atom. The first-order valence-corrected chi connectivity index (χ1v) is 5.92. The molecule has 1 nitrogen and oxygen atoms in total. The Morgan fingerprint density at radius 1 is 1.15 bits per heavy atom. The van der Waals surface area contributed by atoms with Crippen LogP contribution in [0.1, 0.15) is 58.8 Å². The molecule has 1 N–H and O–H groups in total. The van der Waals surface area contributed by atoms with Gasteiger partial charge in [0, 0.05) is 0 Å². The summed E-state index contributed by atoms with van der Waals surface area (Å²) < 4.78 is 0. The van der Waals surface area contributed by atoms with Crippen LogP contribution in [0.2, 0.25) is 0 Å². The molecule has 0 radical (unpaired) electrons. The molecule has 0 amide bonds. The Hall–Kier alpha value is -0.0400. The monoisotopic (exact) mass is 184 g/mol. The van der Waals surface area contributed by atoms with Crippen molar-refractivity contribution in [1.82, 2.24) is 0 Å². The number of hydrogen-bond acceptors (Lipinski definition) is 1. The van der Waals surface area contributed by atoms with Crippen LogP contribution >= 0.6 is 0 Å². The molecule has 0 aromatic heterocycles. The van der Waals surface area contributed by atoms with Crippen LogP contribution in [0.3, 0.4) is 0 Å². The van der Waals surface area contributed by atoms with Gasteiger partial charge in [-0.05, 0) is 24.7 Å². The highest BCUT2D eigenvalue weighted by Gasteiger charge is 2.18. The SMILES string of the molecule is CCC(C)C1CCCC(O)CCC1. The summed E-state index contributed by atoms with van der Waals surface area (Å²) in [5, 5.41) is 9.50. The molecule has 1 saturated carbocycles. The highest BCUT2D eigenvalue weighted by atomic mass is 16.3. The third-order valence-electron chi connectivity index (χ3n) is 3.67. The van der Waals surface area contributed by atoms with E-state index in [0.29, 0.717) is 0 Å². The van der Waals surface area contributed by atoms with E-state index in [9.17, 15) is 5.11 Å². The van der Waals surface area contributed by atoms with Gasteiger partial charge in [0.15, 0.2) is 0 Å². The number of aliphatic hydroxyl groups is 1. The maximum absolute atomic E-state index is 9.50. The first-order valence-electron chi connectivity index (χ1n) is 5.92. The molecule has 0 aromatic rings. The van der Waals surface area contributed by atoms with Crippen molar-refractivity contribution < 1.29 is 5.11 Å². The molecule has 1 aliphatic carbocycles. The standard InChI is InChI=1S/C12H24O/c1-3-10(2)11-6-4-8-12(13)9-5-7-11/h10-13H,3-9H2,1-2H3. The van der Waals surface area contributed by atoms with Crippen molar-refractivity contribution in [2.45, 2.75) is 64.9 Å². The van der Waals surface area contributed by atoms with Gasteiger partial charge < -0.3 is 5.11 Å². The molecule has 1 fully saturated rings. The predicted octanol–water partition coefficient (Wildman–Crippen LogP) is 3.36. The molecule has 1 atom stereocenters.